The monoisotopic (exact) mass is 129 g/mol. The Kier molecular flexibility index (Phi) is 1.67. The van der Waals surface area contributed by atoms with Crippen molar-refractivity contribution in [3.8, 4) is 0 Å². The van der Waals surface area contributed by atoms with Crippen molar-refractivity contribution >= 4 is 12.6 Å². The molecule has 1 rings (SSSR count). The van der Waals surface area contributed by atoms with Crippen LogP contribution in [0, 0.1) is 0 Å². The van der Waals surface area contributed by atoms with Gasteiger partial charge in [0.2, 0.25) is 0 Å². The molecular formula is C5H7NO3. The molecule has 0 spiro atoms. The summed E-state index contributed by atoms with van der Waals surface area (Å²) in [4.78, 5) is 21.6. The molecule has 0 radical (unpaired) electrons. The summed E-state index contributed by atoms with van der Waals surface area (Å²) in [5.74, 6) is 0. The lowest BCUT2D eigenvalue weighted by Gasteiger charge is -2.28. The average molecular weight is 129 g/mol. The third kappa shape index (κ3) is 1.19. The SMILES string of the molecule is O=COC(=O)N1CCC1. The van der Waals surface area contributed by atoms with Gasteiger partial charge in [-0.2, -0.15) is 0 Å². The topological polar surface area (TPSA) is 46.6 Å². The summed E-state index contributed by atoms with van der Waals surface area (Å²) in [5, 5.41) is 0. The van der Waals surface area contributed by atoms with E-state index in [-0.39, 0.29) is 6.47 Å². The summed E-state index contributed by atoms with van der Waals surface area (Å²) in [7, 11) is 0. The van der Waals surface area contributed by atoms with Crippen molar-refractivity contribution in [1.29, 1.82) is 0 Å². The molecule has 0 aromatic rings. The standard InChI is InChI=1S/C5H7NO3/c7-4-9-5(8)6-2-1-3-6/h4H,1-3H2. The van der Waals surface area contributed by atoms with Gasteiger partial charge in [-0.3, -0.25) is 4.79 Å². The molecule has 0 bridgehead atoms. The third-order valence-corrected chi connectivity index (χ3v) is 1.26. The quantitative estimate of drug-likeness (QED) is 0.369. The minimum absolute atomic E-state index is 0.153. The van der Waals surface area contributed by atoms with Crippen molar-refractivity contribution in [1.82, 2.24) is 4.90 Å². The van der Waals surface area contributed by atoms with E-state index in [1.807, 2.05) is 0 Å². The number of likely N-dealkylation sites (tertiary alicyclic amines) is 1. The van der Waals surface area contributed by atoms with E-state index in [0.29, 0.717) is 13.1 Å². The van der Waals surface area contributed by atoms with E-state index in [1.54, 1.807) is 0 Å². The van der Waals surface area contributed by atoms with Gasteiger partial charge < -0.3 is 9.64 Å². The molecule has 0 aromatic carbocycles. The Balaban J connectivity index is 2.23. The fourth-order valence-electron chi connectivity index (χ4n) is 0.614. The summed E-state index contributed by atoms with van der Waals surface area (Å²) in [6.45, 7) is 1.58. The molecule has 0 aliphatic carbocycles. The fraction of sp³-hybridized carbons (Fsp3) is 0.600. The molecule has 0 N–H and O–H groups in total. The van der Waals surface area contributed by atoms with E-state index >= 15 is 0 Å². The van der Waals surface area contributed by atoms with Gasteiger partial charge in [0.15, 0.2) is 0 Å². The number of hydrogen-bond acceptors (Lipinski definition) is 3. The maximum absolute atomic E-state index is 10.5. The number of carbonyl (C=O) groups excluding carboxylic acids is 2. The third-order valence-electron chi connectivity index (χ3n) is 1.26. The van der Waals surface area contributed by atoms with E-state index < -0.39 is 6.09 Å². The summed E-state index contributed by atoms with van der Waals surface area (Å²) < 4.78 is 4.05. The average Bonchev–Trinajstić information content (AvgIpc) is 1.60. The van der Waals surface area contributed by atoms with Crippen molar-refractivity contribution in [2.24, 2.45) is 0 Å². The smallest absolute Gasteiger partial charge is 0.379 e. The van der Waals surface area contributed by atoms with Gasteiger partial charge in [-0.05, 0) is 6.42 Å². The van der Waals surface area contributed by atoms with Crippen molar-refractivity contribution < 1.29 is 14.3 Å². The van der Waals surface area contributed by atoms with Crippen LogP contribution in [0.3, 0.4) is 0 Å². The zero-order valence-electron chi connectivity index (χ0n) is 4.87. The highest BCUT2D eigenvalue weighted by Crippen LogP contribution is 2.06. The van der Waals surface area contributed by atoms with Crippen LogP contribution in [0.5, 0.6) is 0 Å². The Morgan fingerprint density at radius 3 is 2.56 bits per heavy atom. The number of rotatable bonds is 1. The second kappa shape index (κ2) is 2.48. The maximum atomic E-state index is 10.5. The lowest BCUT2D eigenvalue weighted by Crippen LogP contribution is -2.42. The molecule has 0 saturated carbocycles. The van der Waals surface area contributed by atoms with Crippen molar-refractivity contribution in [3.05, 3.63) is 0 Å². The molecule has 4 nitrogen and oxygen atoms in total. The summed E-state index contributed by atoms with van der Waals surface area (Å²) >= 11 is 0. The van der Waals surface area contributed by atoms with Gasteiger partial charge in [-0.15, -0.1) is 0 Å². The molecule has 0 aromatic heterocycles. The first kappa shape index (κ1) is 6.07. The largest absolute Gasteiger partial charge is 0.417 e. The molecule has 0 atom stereocenters. The second-order valence-corrected chi connectivity index (χ2v) is 1.82. The maximum Gasteiger partial charge on any atom is 0.417 e. The Bertz CT molecular complexity index is 130. The highest BCUT2D eigenvalue weighted by atomic mass is 16.6. The van der Waals surface area contributed by atoms with Gasteiger partial charge in [0, 0.05) is 13.1 Å². The summed E-state index contributed by atoms with van der Waals surface area (Å²) in [6.07, 6.45) is 0.477. The number of carbonyl (C=O) groups is 2. The van der Waals surface area contributed by atoms with Crippen LogP contribution >= 0.6 is 0 Å². The van der Waals surface area contributed by atoms with Crippen LogP contribution < -0.4 is 0 Å². The predicted octanol–water partition coefficient (Wildman–Crippen LogP) is -0.0149. The van der Waals surface area contributed by atoms with E-state index in [1.165, 1.54) is 4.90 Å². The molecule has 1 saturated heterocycles. The van der Waals surface area contributed by atoms with Crippen LogP contribution in [0.25, 0.3) is 0 Å². The van der Waals surface area contributed by atoms with Gasteiger partial charge in [0.05, 0.1) is 0 Å². The molecule has 1 amide bonds. The van der Waals surface area contributed by atoms with Gasteiger partial charge in [0.25, 0.3) is 0 Å². The Morgan fingerprint density at radius 2 is 2.22 bits per heavy atom. The van der Waals surface area contributed by atoms with Crippen LogP contribution in [0.4, 0.5) is 4.79 Å². The minimum atomic E-state index is -0.531. The predicted molar refractivity (Wildman–Crippen MR) is 28.7 cm³/mol. The van der Waals surface area contributed by atoms with Crippen LogP contribution in [0.15, 0.2) is 0 Å². The van der Waals surface area contributed by atoms with E-state index in [0.717, 1.165) is 6.42 Å². The van der Waals surface area contributed by atoms with Gasteiger partial charge in [-0.25, -0.2) is 4.79 Å². The zero-order valence-corrected chi connectivity index (χ0v) is 4.87. The first-order valence-electron chi connectivity index (χ1n) is 2.74. The Hall–Kier alpha value is -1.06. The van der Waals surface area contributed by atoms with Crippen LogP contribution in [-0.2, 0) is 9.53 Å². The minimum Gasteiger partial charge on any atom is -0.379 e. The van der Waals surface area contributed by atoms with E-state index in [9.17, 15) is 9.59 Å². The molecular weight excluding hydrogens is 122 g/mol. The van der Waals surface area contributed by atoms with E-state index in [2.05, 4.69) is 4.74 Å². The highest BCUT2D eigenvalue weighted by Gasteiger charge is 2.20. The fourth-order valence-corrected chi connectivity index (χ4v) is 0.614. The van der Waals surface area contributed by atoms with Crippen LogP contribution in [-0.4, -0.2) is 30.6 Å². The number of hydrogen-bond donors (Lipinski definition) is 0. The van der Waals surface area contributed by atoms with Crippen LogP contribution in [0.1, 0.15) is 6.42 Å². The van der Waals surface area contributed by atoms with Crippen molar-refractivity contribution in [3.63, 3.8) is 0 Å². The zero-order chi connectivity index (χ0) is 6.69. The van der Waals surface area contributed by atoms with Crippen molar-refractivity contribution in [2.45, 2.75) is 6.42 Å². The molecule has 1 aliphatic heterocycles. The van der Waals surface area contributed by atoms with Crippen molar-refractivity contribution in [2.75, 3.05) is 13.1 Å². The van der Waals surface area contributed by atoms with Gasteiger partial charge >= 0.3 is 12.6 Å². The lowest BCUT2D eigenvalue weighted by atomic mass is 10.2. The number of nitrogens with zero attached hydrogens (tertiary/aromatic N) is 1. The number of ether oxygens (including phenoxy) is 1. The molecule has 1 heterocycles. The summed E-state index contributed by atoms with van der Waals surface area (Å²) in [6, 6.07) is 0. The van der Waals surface area contributed by atoms with E-state index in [4.69, 9.17) is 0 Å². The lowest BCUT2D eigenvalue weighted by molar-refractivity contribution is -0.124. The molecule has 4 heteroatoms. The molecule has 1 aliphatic rings. The molecule has 1 fully saturated rings. The van der Waals surface area contributed by atoms with Gasteiger partial charge in [0.1, 0.15) is 0 Å². The molecule has 9 heavy (non-hydrogen) atoms. The Morgan fingerprint density at radius 1 is 1.56 bits per heavy atom. The molecule has 50 valence electrons. The summed E-state index contributed by atoms with van der Waals surface area (Å²) in [5.41, 5.74) is 0. The number of amides is 1. The molecule has 0 unspecified atom stereocenters. The highest BCUT2D eigenvalue weighted by molar-refractivity contribution is 5.75. The van der Waals surface area contributed by atoms with Crippen LogP contribution in [0.2, 0.25) is 0 Å². The van der Waals surface area contributed by atoms with Gasteiger partial charge in [-0.1, -0.05) is 0 Å². The second-order valence-electron chi connectivity index (χ2n) is 1.82. The Labute approximate surface area is 52.4 Å². The first-order chi connectivity index (χ1) is 4.34. The first-order valence-corrected chi connectivity index (χ1v) is 2.74. The normalized spacial score (nSPS) is 16.2.